The minimum Gasteiger partial charge on any atom is -0.481 e. The molecule has 70 valence electrons. The van der Waals surface area contributed by atoms with E-state index in [0.29, 0.717) is 10.0 Å². The van der Waals surface area contributed by atoms with Crippen LogP contribution in [0.15, 0.2) is 6.20 Å². The van der Waals surface area contributed by atoms with Gasteiger partial charge in [-0.25, -0.2) is 4.98 Å². The standard InChI is InChI=1S/C7H8N2O3S/c1-4(10)9-7-8-3-5(13-7)2-6(11)12/h3H,2H2,1H3,(H,11,12)(H,8,9,10). The Morgan fingerprint density at radius 1 is 1.69 bits per heavy atom. The zero-order chi connectivity index (χ0) is 9.84. The van der Waals surface area contributed by atoms with Crippen LogP contribution in [0.25, 0.3) is 0 Å². The number of aromatic nitrogens is 1. The van der Waals surface area contributed by atoms with Crippen molar-refractivity contribution in [2.75, 3.05) is 5.32 Å². The summed E-state index contributed by atoms with van der Waals surface area (Å²) in [5, 5.41) is 11.4. The number of hydrogen-bond acceptors (Lipinski definition) is 4. The molecule has 0 aromatic carbocycles. The summed E-state index contributed by atoms with van der Waals surface area (Å²) in [7, 11) is 0. The molecule has 5 nitrogen and oxygen atoms in total. The highest BCUT2D eigenvalue weighted by Gasteiger charge is 2.06. The third kappa shape index (κ3) is 3.20. The third-order valence-electron chi connectivity index (χ3n) is 1.16. The van der Waals surface area contributed by atoms with Crippen LogP contribution in [0.2, 0.25) is 0 Å². The van der Waals surface area contributed by atoms with Gasteiger partial charge in [0.15, 0.2) is 5.13 Å². The molecule has 0 spiro atoms. The number of nitrogens with zero attached hydrogens (tertiary/aromatic N) is 1. The number of thiazole rings is 1. The first kappa shape index (κ1) is 9.66. The maximum absolute atomic E-state index is 10.6. The van der Waals surface area contributed by atoms with Crippen LogP contribution in [-0.2, 0) is 16.0 Å². The fourth-order valence-electron chi connectivity index (χ4n) is 0.747. The minimum absolute atomic E-state index is 0.0583. The van der Waals surface area contributed by atoms with Crippen LogP contribution in [0.3, 0.4) is 0 Å². The summed E-state index contributed by atoms with van der Waals surface area (Å²) in [6.45, 7) is 1.37. The Morgan fingerprint density at radius 3 is 2.92 bits per heavy atom. The molecule has 0 aliphatic heterocycles. The van der Waals surface area contributed by atoms with Gasteiger partial charge in [0.05, 0.1) is 6.42 Å². The Balaban J connectivity index is 2.63. The van der Waals surface area contributed by atoms with Crippen molar-refractivity contribution in [1.29, 1.82) is 0 Å². The van der Waals surface area contributed by atoms with E-state index in [0.717, 1.165) is 0 Å². The number of carboxylic acid groups (broad SMARTS) is 1. The van der Waals surface area contributed by atoms with Crippen LogP contribution >= 0.6 is 11.3 Å². The molecular formula is C7H8N2O3S. The number of carbonyl (C=O) groups is 2. The average molecular weight is 200 g/mol. The van der Waals surface area contributed by atoms with Crippen molar-refractivity contribution in [3.05, 3.63) is 11.1 Å². The Morgan fingerprint density at radius 2 is 2.38 bits per heavy atom. The lowest BCUT2D eigenvalue weighted by molar-refractivity contribution is -0.136. The highest BCUT2D eigenvalue weighted by atomic mass is 32.1. The molecule has 0 saturated carbocycles. The van der Waals surface area contributed by atoms with Crippen molar-refractivity contribution in [2.45, 2.75) is 13.3 Å². The number of rotatable bonds is 3. The molecule has 2 N–H and O–H groups in total. The van der Waals surface area contributed by atoms with Crippen molar-refractivity contribution >= 4 is 28.3 Å². The number of carbonyl (C=O) groups excluding carboxylic acids is 1. The Bertz CT molecular complexity index is 304. The van der Waals surface area contributed by atoms with Crippen LogP contribution in [0.4, 0.5) is 5.13 Å². The van der Waals surface area contributed by atoms with E-state index in [2.05, 4.69) is 10.3 Å². The molecule has 1 amide bonds. The fourth-order valence-corrected chi connectivity index (χ4v) is 1.60. The van der Waals surface area contributed by atoms with Crippen molar-refractivity contribution in [1.82, 2.24) is 4.98 Å². The molecule has 0 bridgehead atoms. The quantitative estimate of drug-likeness (QED) is 0.753. The molecule has 6 heteroatoms. The molecule has 0 radical (unpaired) electrons. The molecule has 13 heavy (non-hydrogen) atoms. The summed E-state index contributed by atoms with van der Waals surface area (Å²) in [6.07, 6.45) is 1.39. The van der Waals surface area contributed by atoms with Crippen LogP contribution in [0, 0.1) is 0 Å². The Labute approximate surface area is 78.4 Å². The van der Waals surface area contributed by atoms with Crippen molar-refractivity contribution in [3.63, 3.8) is 0 Å². The van der Waals surface area contributed by atoms with E-state index >= 15 is 0 Å². The van der Waals surface area contributed by atoms with Crippen molar-refractivity contribution in [2.24, 2.45) is 0 Å². The van der Waals surface area contributed by atoms with Crippen molar-refractivity contribution in [3.8, 4) is 0 Å². The first-order valence-corrected chi connectivity index (χ1v) is 4.33. The van der Waals surface area contributed by atoms with E-state index in [4.69, 9.17) is 5.11 Å². The fraction of sp³-hybridized carbons (Fsp3) is 0.286. The van der Waals surface area contributed by atoms with Crippen LogP contribution in [0.5, 0.6) is 0 Å². The lowest BCUT2D eigenvalue weighted by Gasteiger charge is -1.92. The summed E-state index contributed by atoms with van der Waals surface area (Å²) >= 11 is 1.17. The van der Waals surface area contributed by atoms with Gasteiger partial charge < -0.3 is 10.4 Å². The number of anilines is 1. The SMILES string of the molecule is CC(=O)Nc1ncc(CC(=O)O)s1. The molecule has 0 atom stereocenters. The van der Waals surface area contributed by atoms with Gasteiger partial charge in [-0.3, -0.25) is 9.59 Å². The number of aliphatic carboxylic acids is 1. The predicted molar refractivity (Wildman–Crippen MR) is 47.8 cm³/mol. The second kappa shape index (κ2) is 3.99. The molecule has 0 unspecified atom stereocenters. The lowest BCUT2D eigenvalue weighted by Crippen LogP contribution is -2.04. The molecule has 1 aromatic rings. The van der Waals surface area contributed by atoms with Crippen LogP contribution in [0.1, 0.15) is 11.8 Å². The monoisotopic (exact) mass is 200 g/mol. The van der Waals surface area contributed by atoms with Gasteiger partial charge in [0, 0.05) is 18.0 Å². The molecule has 0 aliphatic rings. The molecule has 1 heterocycles. The molecule has 0 fully saturated rings. The van der Waals surface area contributed by atoms with E-state index in [-0.39, 0.29) is 12.3 Å². The number of nitrogens with one attached hydrogen (secondary N) is 1. The third-order valence-corrected chi connectivity index (χ3v) is 2.07. The first-order chi connectivity index (χ1) is 6.08. The predicted octanol–water partition coefficient (Wildman–Crippen LogP) is 0.729. The second-order valence-electron chi connectivity index (χ2n) is 2.38. The van der Waals surface area contributed by atoms with Crippen LogP contribution in [-0.4, -0.2) is 22.0 Å². The number of hydrogen-bond donors (Lipinski definition) is 2. The highest BCUT2D eigenvalue weighted by molar-refractivity contribution is 7.15. The Kier molecular flexibility index (Phi) is 2.97. The number of amides is 1. The lowest BCUT2D eigenvalue weighted by atomic mass is 10.4. The normalized spacial score (nSPS) is 9.62. The largest absolute Gasteiger partial charge is 0.481 e. The summed E-state index contributed by atoms with van der Waals surface area (Å²) in [5.41, 5.74) is 0. The summed E-state index contributed by atoms with van der Waals surface area (Å²) in [5.74, 6) is -1.12. The zero-order valence-electron chi connectivity index (χ0n) is 6.90. The van der Waals surface area contributed by atoms with Crippen molar-refractivity contribution < 1.29 is 14.7 Å². The van der Waals surface area contributed by atoms with E-state index < -0.39 is 5.97 Å². The minimum atomic E-state index is -0.905. The molecule has 1 rings (SSSR count). The second-order valence-corrected chi connectivity index (χ2v) is 3.50. The highest BCUT2D eigenvalue weighted by Crippen LogP contribution is 2.18. The van der Waals surface area contributed by atoms with Gasteiger partial charge in [-0.15, -0.1) is 11.3 Å². The van der Waals surface area contributed by atoms with Gasteiger partial charge in [-0.1, -0.05) is 0 Å². The van der Waals surface area contributed by atoms with Gasteiger partial charge >= 0.3 is 5.97 Å². The molecule has 1 aromatic heterocycles. The Hall–Kier alpha value is -1.43. The summed E-state index contributed by atoms with van der Waals surface area (Å²) in [6, 6.07) is 0. The van der Waals surface area contributed by atoms with E-state index in [1.165, 1.54) is 24.5 Å². The summed E-state index contributed by atoms with van der Waals surface area (Å²) in [4.78, 5) is 25.3. The molecule has 0 saturated heterocycles. The van der Waals surface area contributed by atoms with Gasteiger partial charge in [0.2, 0.25) is 5.91 Å². The maximum Gasteiger partial charge on any atom is 0.308 e. The van der Waals surface area contributed by atoms with E-state index in [1.807, 2.05) is 0 Å². The average Bonchev–Trinajstić information content (AvgIpc) is 2.33. The van der Waals surface area contributed by atoms with Crippen LogP contribution < -0.4 is 5.32 Å². The maximum atomic E-state index is 10.6. The topological polar surface area (TPSA) is 79.3 Å². The van der Waals surface area contributed by atoms with Gasteiger partial charge in [0.25, 0.3) is 0 Å². The molecule has 0 aliphatic carbocycles. The van der Waals surface area contributed by atoms with Gasteiger partial charge in [-0.05, 0) is 0 Å². The summed E-state index contributed by atoms with van der Waals surface area (Å²) < 4.78 is 0. The van der Waals surface area contributed by atoms with Gasteiger partial charge in [-0.2, -0.15) is 0 Å². The number of carboxylic acids is 1. The zero-order valence-corrected chi connectivity index (χ0v) is 7.72. The van der Waals surface area contributed by atoms with Gasteiger partial charge in [0.1, 0.15) is 0 Å². The van der Waals surface area contributed by atoms with E-state index in [9.17, 15) is 9.59 Å². The molecular weight excluding hydrogens is 192 g/mol. The smallest absolute Gasteiger partial charge is 0.308 e. The van der Waals surface area contributed by atoms with E-state index in [1.54, 1.807) is 0 Å². The first-order valence-electron chi connectivity index (χ1n) is 3.52.